The third-order valence-corrected chi connectivity index (χ3v) is 3.66. The minimum Gasteiger partial charge on any atom is -0.507 e. The molecule has 2 N–H and O–H groups in total. The molecule has 0 atom stereocenters. The number of ketones is 1. The number of esters is 1. The van der Waals surface area contributed by atoms with Crippen LogP contribution in [-0.2, 0) is 25.3 Å². The van der Waals surface area contributed by atoms with Crippen LogP contribution in [0.15, 0.2) is 36.4 Å². The Balaban J connectivity index is 2.57. The molecule has 0 fully saturated rings. The van der Waals surface area contributed by atoms with Crippen molar-refractivity contribution in [2.75, 3.05) is 12.4 Å². The summed E-state index contributed by atoms with van der Waals surface area (Å²) in [5.41, 5.74) is -1.68. The first-order valence-electron chi connectivity index (χ1n) is 7.18. The van der Waals surface area contributed by atoms with E-state index in [-0.39, 0.29) is 21.8 Å². The molecule has 6 nitrogen and oxygen atoms in total. The molecule has 2 rings (SSSR count). The van der Waals surface area contributed by atoms with Gasteiger partial charge in [-0.25, -0.2) is 4.79 Å². The summed E-state index contributed by atoms with van der Waals surface area (Å²) < 4.78 is 43.3. The lowest BCUT2D eigenvalue weighted by molar-refractivity contribution is -0.154. The minimum absolute atomic E-state index is 0.114. The Bertz CT molecular complexity index is 927. The van der Waals surface area contributed by atoms with Crippen LogP contribution in [0.3, 0.4) is 0 Å². The number of halogens is 4. The van der Waals surface area contributed by atoms with Crippen molar-refractivity contribution in [1.29, 1.82) is 0 Å². The van der Waals surface area contributed by atoms with E-state index < -0.39 is 35.1 Å². The van der Waals surface area contributed by atoms with E-state index in [9.17, 15) is 32.7 Å². The van der Waals surface area contributed by atoms with Crippen molar-refractivity contribution >= 4 is 34.9 Å². The van der Waals surface area contributed by atoms with Gasteiger partial charge in [-0.3, -0.25) is 9.59 Å². The summed E-state index contributed by atoms with van der Waals surface area (Å²) in [6, 6.07) is 5.88. The topological polar surface area (TPSA) is 92.7 Å². The van der Waals surface area contributed by atoms with E-state index in [4.69, 9.17) is 11.6 Å². The Hall–Kier alpha value is -3.07. The van der Waals surface area contributed by atoms with Crippen LogP contribution in [0.25, 0.3) is 11.1 Å². The van der Waals surface area contributed by atoms with Crippen molar-refractivity contribution in [3.63, 3.8) is 0 Å². The fourth-order valence-corrected chi connectivity index (χ4v) is 2.31. The number of aromatic hydroxyl groups is 1. The van der Waals surface area contributed by atoms with E-state index >= 15 is 0 Å². The number of rotatable bonds is 4. The largest absolute Gasteiger partial charge is 0.507 e. The van der Waals surface area contributed by atoms with Crippen LogP contribution in [0.1, 0.15) is 5.56 Å². The Morgan fingerprint density at radius 3 is 2.33 bits per heavy atom. The van der Waals surface area contributed by atoms with Crippen molar-refractivity contribution in [2.45, 2.75) is 6.18 Å². The SMILES string of the molecule is COC(=O)C(=O)C(=O)Nc1ccc(C(F)(F)F)cc1-c1cc(Cl)ccc1O. The predicted octanol–water partition coefficient (Wildman–Crippen LogP) is 3.41. The highest BCUT2D eigenvalue weighted by Gasteiger charge is 2.32. The van der Waals surface area contributed by atoms with Gasteiger partial charge in [0.15, 0.2) is 0 Å². The van der Waals surface area contributed by atoms with E-state index in [1.807, 2.05) is 5.32 Å². The maximum absolute atomic E-state index is 13.0. The van der Waals surface area contributed by atoms with Crippen molar-refractivity contribution in [2.24, 2.45) is 0 Å². The number of phenols is 1. The summed E-state index contributed by atoms with van der Waals surface area (Å²) in [6.45, 7) is 0. The number of carbonyl (C=O) groups excluding carboxylic acids is 3. The van der Waals surface area contributed by atoms with Gasteiger partial charge in [-0.15, -0.1) is 0 Å². The monoisotopic (exact) mass is 401 g/mol. The second kappa shape index (κ2) is 7.67. The molecule has 0 spiro atoms. The molecule has 10 heteroatoms. The van der Waals surface area contributed by atoms with Crippen molar-refractivity contribution < 1.29 is 37.4 Å². The fourth-order valence-electron chi connectivity index (χ4n) is 2.14. The van der Waals surface area contributed by atoms with Crippen LogP contribution < -0.4 is 5.32 Å². The number of Topliss-reactive ketones (excluding diaryl/α,β-unsaturated/α-hetero) is 1. The number of hydrogen-bond donors (Lipinski definition) is 2. The first kappa shape index (κ1) is 20.2. The number of alkyl halides is 3. The van der Waals surface area contributed by atoms with E-state index in [1.54, 1.807) is 0 Å². The van der Waals surface area contributed by atoms with E-state index in [0.29, 0.717) is 12.1 Å². The summed E-state index contributed by atoms with van der Waals surface area (Å²) in [5, 5.41) is 12.1. The van der Waals surface area contributed by atoms with Crippen LogP contribution in [-0.4, -0.2) is 29.9 Å². The third kappa shape index (κ3) is 4.56. The Kier molecular flexibility index (Phi) is 5.75. The molecule has 142 valence electrons. The zero-order chi connectivity index (χ0) is 20.4. The smallest absolute Gasteiger partial charge is 0.416 e. The van der Waals surface area contributed by atoms with Crippen molar-refractivity contribution in [3.8, 4) is 16.9 Å². The highest BCUT2D eigenvalue weighted by molar-refractivity contribution is 6.63. The second-order valence-electron chi connectivity index (χ2n) is 5.19. The predicted molar refractivity (Wildman–Crippen MR) is 89.2 cm³/mol. The van der Waals surface area contributed by atoms with Gasteiger partial charge in [-0.2, -0.15) is 13.2 Å². The van der Waals surface area contributed by atoms with Crippen LogP contribution in [0.5, 0.6) is 5.75 Å². The maximum Gasteiger partial charge on any atom is 0.416 e. The molecule has 0 aliphatic carbocycles. The molecule has 0 saturated heterocycles. The zero-order valence-corrected chi connectivity index (χ0v) is 14.3. The highest BCUT2D eigenvalue weighted by Crippen LogP contribution is 2.40. The zero-order valence-electron chi connectivity index (χ0n) is 13.6. The molecular weight excluding hydrogens is 391 g/mol. The summed E-state index contributed by atoms with van der Waals surface area (Å²) in [6.07, 6.45) is -4.70. The second-order valence-corrected chi connectivity index (χ2v) is 5.63. The summed E-state index contributed by atoms with van der Waals surface area (Å²) >= 11 is 5.83. The number of ether oxygens (including phenoxy) is 1. The maximum atomic E-state index is 13.0. The molecule has 0 saturated carbocycles. The normalized spacial score (nSPS) is 11.0. The average Bonchev–Trinajstić information content (AvgIpc) is 2.61. The number of benzene rings is 2. The Morgan fingerprint density at radius 2 is 1.74 bits per heavy atom. The number of phenolic OH excluding ortho intramolecular Hbond substituents is 1. The standard InChI is InChI=1S/C17H11ClF3NO5/c1-27-16(26)14(24)15(25)22-12-4-2-8(17(19,20)21)6-10(12)11-7-9(18)3-5-13(11)23/h2-7,23H,1H3,(H,22,25). The van der Waals surface area contributed by atoms with Crippen molar-refractivity contribution in [3.05, 3.63) is 47.0 Å². The van der Waals surface area contributed by atoms with Gasteiger partial charge in [-0.1, -0.05) is 11.6 Å². The summed E-state index contributed by atoms with van der Waals surface area (Å²) in [7, 11) is 0.890. The van der Waals surface area contributed by atoms with Crippen LogP contribution >= 0.6 is 11.6 Å². The van der Waals surface area contributed by atoms with Gasteiger partial charge in [0.25, 0.3) is 0 Å². The Labute approximate surface area is 155 Å². The number of nitrogens with one attached hydrogen (secondary N) is 1. The fraction of sp³-hybridized carbons (Fsp3) is 0.118. The van der Waals surface area contributed by atoms with Gasteiger partial charge in [0.1, 0.15) is 5.75 Å². The van der Waals surface area contributed by atoms with Crippen LogP contribution in [0.2, 0.25) is 5.02 Å². The van der Waals surface area contributed by atoms with Gasteiger partial charge in [0.05, 0.1) is 12.7 Å². The van der Waals surface area contributed by atoms with Gasteiger partial charge in [-0.05, 0) is 36.4 Å². The number of amides is 1. The molecular formula is C17H11ClF3NO5. The number of anilines is 1. The molecule has 0 unspecified atom stereocenters. The molecule has 2 aromatic carbocycles. The van der Waals surface area contributed by atoms with Gasteiger partial charge < -0.3 is 15.2 Å². The lowest BCUT2D eigenvalue weighted by Crippen LogP contribution is -2.30. The molecule has 1 amide bonds. The van der Waals surface area contributed by atoms with E-state index in [2.05, 4.69) is 4.74 Å². The molecule has 0 bridgehead atoms. The van der Waals surface area contributed by atoms with Gasteiger partial charge in [0.2, 0.25) is 0 Å². The summed E-state index contributed by atoms with van der Waals surface area (Å²) in [4.78, 5) is 34.5. The molecule has 0 radical (unpaired) electrons. The molecule has 2 aromatic rings. The van der Waals surface area contributed by atoms with Crippen LogP contribution in [0.4, 0.5) is 18.9 Å². The van der Waals surface area contributed by atoms with Crippen molar-refractivity contribution in [1.82, 2.24) is 0 Å². The quantitative estimate of drug-likeness (QED) is 0.465. The first-order chi connectivity index (χ1) is 12.5. The van der Waals surface area contributed by atoms with E-state index in [0.717, 1.165) is 19.2 Å². The minimum atomic E-state index is -4.70. The molecule has 0 heterocycles. The van der Waals surface area contributed by atoms with Crippen LogP contribution in [0, 0.1) is 0 Å². The van der Waals surface area contributed by atoms with E-state index in [1.165, 1.54) is 12.1 Å². The molecule has 0 aliphatic rings. The molecule has 27 heavy (non-hydrogen) atoms. The first-order valence-corrected chi connectivity index (χ1v) is 7.56. The average molecular weight is 402 g/mol. The molecule has 0 aromatic heterocycles. The third-order valence-electron chi connectivity index (χ3n) is 3.42. The number of carbonyl (C=O) groups is 3. The lowest BCUT2D eigenvalue weighted by Gasteiger charge is -2.15. The lowest BCUT2D eigenvalue weighted by atomic mass is 9.99. The highest BCUT2D eigenvalue weighted by atomic mass is 35.5. The Morgan fingerprint density at radius 1 is 1.07 bits per heavy atom. The summed E-state index contributed by atoms with van der Waals surface area (Å²) in [5.74, 6) is -4.80. The van der Waals surface area contributed by atoms with Gasteiger partial charge >= 0.3 is 23.8 Å². The number of hydrogen-bond acceptors (Lipinski definition) is 5. The number of methoxy groups -OCH3 is 1. The molecule has 0 aliphatic heterocycles. The van der Waals surface area contributed by atoms with Gasteiger partial charge in [0, 0.05) is 21.8 Å².